The van der Waals surface area contributed by atoms with Gasteiger partial charge in [-0.2, -0.15) is 0 Å². The molecular weight excluding hydrogens is 162 g/mol. The molecule has 0 heterocycles. The maximum atomic E-state index is 4.68. The van der Waals surface area contributed by atoms with E-state index in [2.05, 4.69) is 30.2 Å². The van der Waals surface area contributed by atoms with E-state index in [-0.39, 0.29) is 0 Å². The Bertz CT molecular complexity index is 220. The number of hydrogen-bond acceptors (Lipinski definition) is 2. The van der Waals surface area contributed by atoms with Gasteiger partial charge in [0.25, 0.3) is 0 Å². The van der Waals surface area contributed by atoms with Crippen LogP contribution in [0.15, 0.2) is 30.3 Å². The van der Waals surface area contributed by atoms with E-state index in [1.807, 2.05) is 30.3 Å². The van der Waals surface area contributed by atoms with Crippen LogP contribution in [0, 0.1) is 0 Å². The van der Waals surface area contributed by atoms with Gasteiger partial charge in [0.15, 0.2) is 0 Å². The number of rotatable bonds is 1. The van der Waals surface area contributed by atoms with Crippen molar-refractivity contribution in [3.8, 4) is 0 Å². The minimum absolute atomic E-state index is 0.381. The van der Waals surface area contributed by atoms with Crippen molar-refractivity contribution in [2.75, 3.05) is 5.32 Å². The van der Waals surface area contributed by atoms with Crippen molar-refractivity contribution in [1.82, 2.24) is 0 Å². The first-order valence-electron chi connectivity index (χ1n) is 2.82. The summed E-state index contributed by atoms with van der Waals surface area (Å²) in [6.45, 7) is 0. The summed E-state index contributed by atoms with van der Waals surface area (Å²) >= 11 is 9.36. The summed E-state index contributed by atoms with van der Waals surface area (Å²) in [5.41, 5.74) is 0.947. The van der Waals surface area contributed by atoms with Crippen LogP contribution in [0.3, 0.4) is 0 Å². The van der Waals surface area contributed by atoms with Crippen molar-refractivity contribution >= 4 is 34.9 Å². The highest BCUT2D eigenvalue weighted by molar-refractivity contribution is 8.00. The predicted molar refractivity (Wildman–Crippen MR) is 50.0 cm³/mol. The first-order valence-corrected chi connectivity index (χ1v) is 3.64. The van der Waals surface area contributed by atoms with Crippen LogP contribution < -0.4 is 5.32 Å². The zero-order valence-corrected chi connectivity index (χ0v) is 6.84. The van der Waals surface area contributed by atoms with Gasteiger partial charge >= 0.3 is 0 Å². The molecular formula is C7H6NS2-. The minimum atomic E-state index is 0.381. The molecule has 0 atom stereocenters. The van der Waals surface area contributed by atoms with E-state index in [9.17, 15) is 0 Å². The Balaban J connectivity index is 2.67. The van der Waals surface area contributed by atoms with Crippen LogP contribution in [0.1, 0.15) is 0 Å². The van der Waals surface area contributed by atoms with Gasteiger partial charge in [0.2, 0.25) is 0 Å². The average Bonchev–Trinajstić information content (AvgIpc) is 1.88. The van der Waals surface area contributed by atoms with E-state index in [0.717, 1.165) is 5.69 Å². The van der Waals surface area contributed by atoms with Gasteiger partial charge < -0.3 is 30.2 Å². The van der Waals surface area contributed by atoms with Crippen LogP contribution in [0.5, 0.6) is 0 Å². The van der Waals surface area contributed by atoms with E-state index < -0.39 is 0 Å². The van der Waals surface area contributed by atoms with Gasteiger partial charge in [-0.3, -0.25) is 0 Å². The Kier molecular flexibility index (Phi) is 2.59. The molecule has 0 aliphatic carbocycles. The summed E-state index contributed by atoms with van der Waals surface area (Å²) in [5, 5.41) is 2.85. The SMILES string of the molecule is S=C([S-])Nc1ccccc1. The lowest BCUT2D eigenvalue weighted by atomic mass is 10.3. The molecule has 0 spiro atoms. The molecule has 1 rings (SSSR count). The van der Waals surface area contributed by atoms with Crippen LogP contribution in [0.2, 0.25) is 0 Å². The molecule has 0 radical (unpaired) electrons. The molecule has 52 valence electrons. The van der Waals surface area contributed by atoms with Crippen molar-refractivity contribution in [3.63, 3.8) is 0 Å². The molecule has 0 amide bonds. The molecule has 0 saturated carbocycles. The van der Waals surface area contributed by atoms with Gasteiger partial charge in [-0.1, -0.05) is 22.5 Å². The molecule has 0 aromatic heterocycles. The number of thiocarbonyl (C=S) groups is 1. The molecule has 0 bridgehead atoms. The summed E-state index contributed by atoms with van der Waals surface area (Å²) in [6.07, 6.45) is 0. The molecule has 3 heteroatoms. The first-order chi connectivity index (χ1) is 4.79. The van der Waals surface area contributed by atoms with Crippen molar-refractivity contribution in [2.45, 2.75) is 0 Å². The van der Waals surface area contributed by atoms with E-state index >= 15 is 0 Å². The van der Waals surface area contributed by atoms with Crippen LogP contribution >= 0.6 is 12.2 Å². The lowest BCUT2D eigenvalue weighted by Crippen LogP contribution is -2.03. The summed E-state index contributed by atoms with van der Waals surface area (Å²) in [6, 6.07) is 9.63. The fourth-order valence-corrected chi connectivity index (χ4v) is 0.875. The predicted octanol–water partition coefficient (Wildman–Crippen LogP) is 1.93. The molecule has 0 aliphatic heterocycles. The number of anilines is 1. The Morgan fingerprint density at radius 3 is 2.40 bits per heavy atom. The minimum Gasteiger partial charge on any atom is -0.411 e. The van der Waals surface area contributed by atoms with E-state index in [4.69, 9.17) is 0 Å². The molecule has 0 saturated heterocycles. The number of hydrogen-bond donors (Lipinski definition) is 1. The molecule has 0 fully saturated rings. The largest absolute Gasteiger partial charge is 0.411 e. The van der Waals surface area contributed by atoms with Gasteiger partial charge in [-0.15, -0.1) is 0 Å². The summed E-state index contributed by atoms with van der Waals surface area (Å²) in [5.74, 6) is 0. The quantitative estimate of drug-likeness (QED) is 0.508. The highest BCUT2D eigenvalue weighted by Crippen LogP contribution is 2.03. The molecule has 1 N–H and O–H groups in total. The van der Waals surface area contributed by atoms with Crippen molar-refractivity contribution in [1.29, 1.82) is 0 Å². The van der Waals surface area contributed by atoms with E-state index in [1.165, 1.54) is 0 Å². The second-order valence-corrected chi connectivity index (χ2v) is 2.85. The van der Waals surface area contributed by atoms with Crippen molar-refractivity contribution < 1.29 is 0 Å². The standard InChI is InChI=1S/C7H7NS2/c9-7(10)8-6-4-2-1-3-5-6/h1-5H,(H2,8,9,10)/p-1. The van der Waals surface area contributed by atoms with Crippen LogP contribution in [-0.4, -0.2) is 4.32 Å². The van der Waals surface area contributed by atoms with Crippen molar-refractivity contribution in [2.24, 2.45) is 0 Å². The highest BCUT2D eigenvalue weighted by Gasteiger charge is 1.82. The number of nitrogens with one attached hydrogen (secondary N) is 1. The van der Waals surface area contributed by atoms with Gasteiger partial charge in [-0.05, 0) is 12.1 Å². The molecule has 1 nitrogen and oxygen atoms in total. The topological polar surface area (TPSA) is 12.0 Å². The third kappa shape index (κ3) is 2.29. The first kappa shape index (κ1) is 7.44. The van der Waals surface area contributed by atoms with Gasteiger partial charge in [0.05, 0.1) is 0 Å². The van der Waals surface area contributed by atoms with Gasteiger partial charge in [0.1, 0.15) is 0 Å². The smallest absolute Gasteiger partial charge is 0.0371 e. The lowest BCUT2D eigenvalue weighted by molar-refractivity contribution is 1.66. The fraction of sp³-hybridized carbons (Fsp3) is 0. The molecule has 0 unspecified atom stereocenters. The summed E-state index contributed by atoms with van der Waals surface area (Å²) in [4.78, 5) is 0. The summed E-state index contributed by atoms with van der Waals surface area (Å²) in [7, 11) is 0. The monoisotopic (exact) mass is 168 g/mol. The molecule has 0 aliphatic rings. The fourth-order valence-electron chi connectivity index (χ4n) is 0.639. The highest BCUT2D eigenvalue weighted by atomic mass is 32.1. The second-order valence-electron chi connectivity index (χ2n) is 1.78. The van der Waals surface area contributed by atoms with Gasteiger partial charge in [0, 0.05) is 5.69 Å². The van der Waals surface area contributed by atoms with E-state index in [1.54, 1.807) is 0 Å². The average molecular weight is 168 g/mol. The van der Waals surface area contributed by atoms with E-state index in [0.29, 0.717) is 4.32 Å². The zero-order valence-electron chi connectivity index (χ0n) is 5.20. The third-order valence-corrected chi connectivity index (χ3v) is 1.22. The lowest BCUT2D eigenvalue weighted by Gasteiger charge is -2.07. The van der Waals surface area contributed by atoms with Crippen LogP contribution in [-0.2, 0) is 12.6 Å². The Morgan fingerprint density at radius 1 is 1.30 bits per heavy atom. The van der Waals surface area contributed by atoms with Crippen LogP contribution in [0.25, 0.3) is 0 Å². The number of para-hydroxylation sites is 1. The maximum Gasteiger partial charge on any atom is 0.0371 e. The third-order valence-electron chi connectivity index (χ3n) is 1.02. The summed E-state index contributed by atoms with van der Waals surface area (Å²) < 4.78 is 0.381. The molecule has 1 aromatic rings. The molecule has 1 aromatic carbocycles. The van der Waals surface area contributed by atoms with Crippen LogP contribution in [0.4, 0.5) is 5.69 Å². The Labute approximate surface area is 70.9 Å². The number of benzene rings is 1. The Hall–Kier alpha value is -0.670. The molecule has 10 heavy (non-hydrogen) atoms. The second kappa shape index (κ2) is 3.49. The maximum absolute atomic E-state index is 4.68. The zero-order chi connectivity index (χ0) is 7.40. The van der Waals surface area contributed by atoms with Crippen molar-refractivity contribution in [3.05, 3.63) is 30.3 Å². The Morgan fingerprint density at radius 2 is 1.90 bits per heavy atom. The normalized spacial score (nSPS) is 8.80. The van der Waals surface area contributed by atoms with Gasteiger partial charge in [-0.25, -0.2) is 0 Å².